The van der Waals surface area contributed by atoms with Crippen LogP contribution in [0.15, 0.2) is 36.9 Å². The third-order valence-corrected chi connectivity index (χ3v) is 7.51. The number of piperidine rings is 1. The van der Waals surface area contributed by atoms with Crippen molar-refractivity contribution in [3.8, 4) is 0 Å². The molecule has 1 saturated heterocycles. The van der Waals surface area contributed by atoms with Crippen molar-refractivity contribution in [1.82, 2.24) is 14.8 Å². The van der Waals surface area contributed by atoms with E-state index in [2.05, 4.69) is 38.0 Å². The van der Waals surface area contributed by atoms with Crippen LogP contribution in [0, 0.1) is 11.3 Å². The fourth-order valence-corrected chi connectivity index (χ4v) is 5.12. The van der Waals surface area contributed by atoms with Crippen LogP contribution in [0.1, 0.15) is 51.5 Å². The minimum absolute atomic E-state index is 0. The smallest absolute Gasteiger partial charge is 0.137 e. The van der Waals surface area contributed by atoms with Crippen molar-refractivity contribution < 1.29 is 22.0 Å². The molecule has 0 spiro atoms. The van der Waals surface area contributed by atoms with Gasteiger partial charge in [-0.2, -0.15) is 5.10 Å². The normalized spacial score (nSPS) is 26.5. The van der Waals surface area contributed by atoms with Gasteiger partial charge in [0, 0.05) is 5.02 Å². The number of hydrogen-bond acceptors (Lipinski definition) is 3. The summed E-state index contributed by atoms with van der Waals surface area (Å²) in [5.41, 5.74) is 0.278. The van der Waals surface area contributed by atoms with Gasteiger partial charge in [0.05, 0.1) is 39.3 Å². The number of nitrogens with zero attached hydrogens (tertiary/aromatic N) is 4. The third kappa shape index (κ3) is 6.67. The SMILES string of the molecule is CC1(C)CCC(Cc2ccc(Cl)cc2)C1(O)Cn1cncn1.C[N+]1(C)CCCCC1.[Cl-]. The van der Waals surface area contributed by atoms with E-state index in [1.54, 1.807) is 11.0 Å². The van der Waals surface area contributed by atoms with E-state index in [0.29, 0.717) is 6.54 Å². The van der Waals surface area contributed by atoms with Crippen LogP contribution in [0.3, 0.4) is 0 Å². The molecular weight excluding hydrogens is 431 g/mol. The second-order valence-electron chi connectivity index (χ2n) is 10.4. The molecule has 31 heavy (non-hydrogen) atoms. The zero-order valence-electron chi connectivity index (χ0n) is 19.4. The Bertz CT molecular complexity index is 784. The second-order valence-corrected chi connectivity index (χ2v) is 10.8. The van der Waals surface area contributed by atoms with Crippen LogP contribution >= 0.6 is 11.6 Å². The van der Waals surface area contributed by atoms with Gasteiger partial charge in [0.15, 0.2) is 0 Å². The van der Waals surface area contributed by atoms with Crippen molar-refractivity contribution in [2.75, 3.05) is 27.2 Å². The van der Waals surface area contributed by atoms with Crippen LogP contribution in [-0.2, 0) is 13.0 Å². The summed E-state index contributed by atoms with van der Waals surface area (Å²) in [5, 5.41) is 16.4. The quantitative estimate of drug-likeness (QED) is 0.693. The fourth-order valence-electron chi connectivity index (χ4n) is 4.99. The largest absolute Gasteiger partial charge is 1.00 e. The van der Waals surface area contributed by atoms with Crippen LogP contribution in [0.5, 0.6) is 0 Å². The van der Waals surface area contributed by atoms with Gasteiger partial charge in [-0.3, -0.25) is 4.68 Å². The molecule has 1 aromatic heterocycles. The molecule has 2 fully saturated rings. The highest BCUT2D eigenvalue weighted by atomic mass is 35.5. The molecule has 2 atom stereocenters. The predicted octanol–water partition coefficient (Wildman–Crippen LogP) is 1.59. The molecule has 2 unspecified atom stereocenters. The summed E-state index contributed by atoms with van der Waals surface area (Å²) in [5.74, 6) is 0.202. The lowest BCUT2D eigenvalue weighted by Crippen LogP contribution is -3.00. The summed E-state index contributed by atoms with van der Waals surface area (Å²) in [6.45, 7) is 7.55. The van der Waals surface area contributed by atoms with Crippen molar-refractivity contribution >= 4 is 11.6 Å². The number of aliphatic hydroxyl groups is 1. The van der Waals surface area contributed by atoms with E-state index in [0.717, 1.165) is 24.3 Å². The van der Waals surface area contributed by atoms with E-state index in [9.17, 15) is 5.11 Å². The molecule has 0 bridgehead atoms. The van der Waals surface area contributed by atoms with Gasteiger partial charge >= 0.3 is 0 Å². The highest BCUT2D eigenvalue weighted by Crippen LogP contribution is 2.51. The van der Waals surface area contributed by atoms with E-state index in [1.165, 1.54) is 48.7 Å². The molecule has 5 nitrogen and oxygen atoms in total. The summed E-state index contributed by atoms with van der Waals surface area (Å²) in [4.78, 5) is 3.99. The molecule has 0 radical (unpaired) electrons. The van der Waals surface area contributed by atoms with E-state index >= 15 is 0 Å². The molecule has 7 heteroatoms. The van der Waals surface area contributed by atoms with Gasteiger partial charge in [-0.1, -0.05) is 37.6 Å². The summed E-state index contributed by atoms with van der Waals surface area (Å²) in [6.07, 6.45) is 10.4. The molecule has 1 aliphatic carbocycles. The maximum atomic E-state index is 11.5. The van der Waals surface area contributed by atoms with Gasteiger partial charge < -0.3 is 22.0 Å². The van der Waals surface area contributed by atoms with Crippen molar-refractivity contribution in [2.45, 2.75) is 64.5 Å². The van der Waals surface area contributed by atoms with E-state index in [1.807, 2.05) is 24.3 Å². The van der Waals surface area contributed by atoms with Crippen LogP contribution in [0.4, 0.5) is 0 Å². The standard InChI is InChI=1S/C17H22ClN3O.C7H16N.ClH/c1-16(2)8-7-14(9-13-3-5-15(18)6-4-13)17(16,22)10-21-12-19-11-20-21;1-8(2)6-4-3-5-7-8;/h3-6,11-12,14,22H,7-10H2,1-2H3;3-7H2,1-2H3;1H/q;+1;/p-1. The Morgan fingerprint density at radius 3 is 2.29 bits per heavy atom. The second kappa shape index (κ2) is 10.7. The van der Waals surface area contributed by atoms with Gasteiger partial charge in [0.2, 0.25) is 0 Å². The Labute approximate surface area is 198 Å². The zero-order chi connectivity index (χ0) is 21.8. The van der Waals surface area contributed by atoms with Crippen LogP contribution in [0.2, 0.25) is 5.02 Å². The number of aromatic nitrogens is 3. The first-order valence-corrected chi connectivity index (χ1v) is 11.6. The molecule has 4 rings (SSSR count). The lowest BCUT2D eigenvalue weighted by atomic mass is 9.72. The van der Waals surface area contributed by atoms with Gasteiger partial charge in [-0.15, -0.1) is 0 Å². The highest BCUT2D eigenvalue weighted by Gasteiger charge is 2.54. The minimum Gasteiger partial charge on any atom is -1.00 e. The number of halogens is 2. The number of hydrogen-bond donors (Lipinski definition) is 1. The average molecular weight is 470 g/mol. The fraction of sp³-hybridized carbons (Fsp3) is 0.667. The van der Waals surface area contributed by atoms with Crippen LogP contribution in [0.25, 0.3) is 0 Å². The van der Waals surface area contributed by atoms with E-state index in [4.69, 9.17) is 11.6 Å². The molecule has 0 amide bonds. The molecule has 2 aliphatic rings. The monoisotopic (exact) mass is 468 g/mol. The lowest BCUT2D eigenvalue weighted by molar-refractivity contribution is -0.894. The summed E-state index contributed by atoms with van der Waals surface area (Å²) in [6, 6.07) is 7.91. The third-order valence-electron chi connectivity index (χ3n) is 7.26. The van der Waals surface area contributed by atoms with Crippen LogP contribution in [-0.4, -0.2) is 57.1 Å². The number of rotatable bonds is 4. The molecule has 1 aliphatic heterocycles. The lowest BCUT2D eigenvalue weighted by Gasteiger charge is -2.40. The van der Waals surface area contributed by atoms with Crippen molar-refractivity contribution in [3.05, 3.63) is 47.5 Å². The predicted molar refractivity (Wildman–Crippen MR) is 122 cm³/mol. The minimum atomic E-state index is -0.791. The van der Waals surface area contributed by atoms with Crippen molar-refractivity contribution in [1.29, 1.82) is 0 Å². The molecule has 2 aromatic rings. The molecule has 2 heterocycles. The molecule has 1 N–H and O–H groups in total. The van der Waals surface area contributed by atoms with Gasteiger partial charge in [0.1, 0.15) is 12.7 Å². The summed E-state index contributed by atoms with van der Waals surface area (Å²) in [7, 11) is 4.64. The van der Waals surface area contributed by atoms with Gasteiger partial charge in [0.25, 0.3) is 0 Å². The Morgan fingerprint density at radius 2 is 1.77 bits per heavy atom. The maximum absolute atomic E-state index is 11.5. The van der Waals surface area contributed by atoms with Crippen LogP contribution < -0.4 is 12.4 Å². The zero-order valence-corrected chi connectivity index (χ0v) is 20.9. The molecule has 174 valence electrons. The Balaban J connectivity index is 0.000000322. The number of quaternary nitrogens is 1. The first-order valence-electron chi connectivity index (χ1n) is 11.2. The number of benzene rings is 1. The topological polar surface area (TPSA) is 50.9 Å². The van der Waals surface area contributed by atoms with E-state index < -0.39 is 5.60 Å². The average Bonchev–Trinajstić information content (AvgIpc) is 3.26. The van der Waals surface area contributed by atoms with Crippen molar-refractivity contribution in [3.63, 3.8) is 0 Å². The molecule has 1 saturated carbocycles. The highest BCUT2D eigenvalue weighted by molar-refractivity contribution is 6.30. The van der Waals surface area contributed by atoms with Gasteiger partial charge in [-0.05, 0) is 67.6 Å². The molecule has 1 aromatic carbocycles. The first-order chi connectivity index (χ1) is 14.1. The first kappa shape index (κ1) is 26.1. The Morgan fingerprint density at radius 1 is 1.13 bits per heavy atom. The maximum Gasteiger partial charge on any atom is 0.137 e. The Kier molecular flexibility index (Phi) is 8.97. The molecular formula is C24H38Cl2N4O. The number of likely N-dealkylation sites (tertiary alicyclic amines) is 1. The Hall–Kier alpha value is -1.14. The van der Waals surface area contributed by atoms with Crippen molar-refractivity contribution in [2.24, 2.45) is 11.3 Å². The van der Waals surface area contributed by atoms with E-state index in [-0.39, 0.29) is 23.7 Å². The van der Waals surface area contributed by atoms with Gasteiger partial charge in [-0.25, -0.2) is 4.98 Å². The summed E-state index contributed by atoms with van der Waals surface area (Å²) < 4.78 is 2.99. The summed E-state index contributed by atoms with van der Waals surface area (Å²) >= 11 is 5.96.